The summed E-state index contributed by atoms with van der Waals surface area (Å²) in [5.41, 5.74) is 0.575. The molecule has 0 aliphatic rings. The standard InChI is InChI=1S/C14H22BrN3O2/c1-4-7-18-10-11(15)8-12(18)14(20)16-9-13(19)17(5-2)6-3/h8,10H,4-7,9H2,1-3H3,(H,16,20). The maximum absolute atomic E-state index is 12.1. The lowest BCUT2D eigenvalue weighted by Gasteiger charge is -2.18. The van der Waals surface area contributed by atoms with Crippen LogP contribution in [0.25, 0.3) is 0 Å². The van der Waals surface area contributed by atoms with Crippen LogP contribution in [0.4, 0.5) is 0 Å². The monoisotopic (exact) mass is 343 g/mol. The Hall–Kier alpha value is -1.30. The SMILES string of the molecule is CCCn1cc(Br)cc1C(=O)NCC(=O)N(CC)CC. The van der Waals surface area contributed by atoms with Gasteiger partial charge in [-0.3, -0.25) is 9.59 Å². The summed E-state index contributed by atoms with van der Waals surface area (Å²) >= 11 is 3.37. The van der Waals surface area contributed by atoms with Gasteiger partial charge < -0.3 is 14.8 Å². The van der Waals surface area contributed by atoms with Gasteiger partial charge in [-0.2, -0.15) is 0 Å². The molecule has 6 heteroatoms. The Kier molecular flexibility index (Phi) is 6.78. The number of hydrogen-bond acceptors (Lipinski definition) is 2. The maximum Gasteiger partial charge on any atom is 0.268 e. The number of hydrogen-bond donors (Lipinski definition) is 1. The van der Waals surface area contributed by atoms with Gasteiger partial charge in [0.2, 0.25) is 5.91 Å². The number of nitrogens with one attached hydrogen (secondary N) is 1. The molecule has 112 valence electrons. The van der Waals surface area contributed by atoms with Gasteiger partial charge in [0.05, 0.1) is 6.54 Å². The van der Waals surface area contributed by atoms with Crippen LogP contribution in [0.5, 0.6) is 0 Å². The number of amides is 2. The molecule has 0 unspecified atom stereocenters. The Morgan fingerprint density at radius 3 is 2.50 bits per heavy atom. The summed E-state index contributed by atoms with van der Waals surface area (Å²) in [4.78, 5) is 25.7. The zero-order valence-corrected chi connectivity index (χ0v) is 13.9. The van der Waals surface area contributed by atoms with Crippen LogP contribution in [-0.4, -0.2) is 40.9 Å². The Labute approximate surface area is 128 Å². The Bertz CT molecular complexity index is 467. The smallest absolute Gasteiger partial charge is 0.268 e. The van der Waals surface area contributed by atoms with Crippen LogP contribution in [0, 0.1) is 0 Å². The van der Waals surface area contributed by atoms with E-state index in [4.69, 9.17) is 0 Å². The van der Waals surface area contributed by atoms with E-state index in [9.17, 15) is 9.59 Å². The summed E-state index contributed by atoms with van der Waals surface area (Å²) in [6.45, 7) is 8.03. The minimum atomic E-state index is -0.218. The molecule has 0 aromatic carbocycles. The Balaban J connectivity index is 2.65. The number of nitrogens with zero attached hydrogens (tertiary/aromatic N) is 2. The minimum Gasteiger partial charge on any atom is -0.342 e. The zero-order chi connectivity index (χ0) is 15.1. The fourth-order valence-corrected chi connectivity index (χ4v) is 2.49. The second-order valence-corrected chi connectivity index (χ2v) is 5.40. The quantitative estimate of drug-likeness (QED) is 0.825. The first-order valence-electron chi connectivity index (χ1n) is 6.95. The van der Waals surface area contributed by atoms with Crippen molar-refractivity contribution in [2.75, 3.05) is 19.6 Å². The molecule has 0 radical (unpaired) electrons. The van der Waals surface area contributed by atoms with Crippen molar-refractivity contribution >= 4 is 27.7 Å². The van der Waals surface area contributed by atoms with E-state index in [0.29, 0.717) is 18.8 Å². The molecule has 0 aliphatic carbocycles. The molecule has 2 amide bonds. The maximum atomic E-state index is 12.1. The van der Waals surface area contributed by atoms with E-state index in [2.05, 4.69) is 28.2 Å². The van der Waals surface area contributed by atoms with Crippen LogP contribution in [0.15, 0.2) is 16.7 Å². The van der Waals surface area contributed by atoms with Crippen LogP contribution >= 0.6 is 15.9 Å². The molecule has 1 rings (SSSR count). The highest BCUT2D eigenvalue weighted by Crippen LogP contribution is 2.15. The molecule has 0 bridgehead atoms. The van der Waals surface area contributed by atoms with Crippen LogP contribution in [0.2, 0.25) is 0 Å². The van der Waals surface area contributed by atoms with Crippen LogP contribution in [0.3, 0.4) is 0 Å². The Morgan fingerprint density at radius 1 is 1.30 bits per heavy atom. The van der Waals surface area contributed by atoms with Crippen molar-refractivity contribution in [1.82, 2.24) is 14.8 Å². The van der Waals surface area contributed by atoms with Gasteiger partial charge >= 0.3 is 0 Å². The third-order valence-corrected chi connectivity index (χ3v) is 3.51. The van der Waals surface area contributed by atoms with Crippen molar-refractivity contribution in [3.63, 3.8) is 0 Å². The number of carbonyl (C=O) groups excluding carboxylic acids is 2. The molecule has 0 saturated heterocycles. The molecule has 0 atom stereocenters. The van der Waals surface area contributed by atoms with E-state index in [1.807, 2.05) is 24.6 Å². The molecule has 0 spiro atoms. The predicted molar refractivity (Wildman–Crippen MR) is 82.7 cm³/mol. The largest absolute Gasteiger partial charge is 0.342 e. The van der Waals surface area contributed by atoms with Crippen molar-refractivity contribution in [3.8, 4) is 0 Å². The van der Waals surface area contributed by atoms with Gasteiger partial charge in [0, 0.05) is 30.3 Å². The lowest BCUT2D eigenvalue weighted by molar-refractivity contribution is -0.129. The summed E-state index contributed by atoms with van der Waals surface area (Å²) in [6, 6.07) is 1.77. The van der Waals surface area contributed by atoms with Gasteiger partial charge in [-0.05, 0) is 42.3 Å². The molecule has 0 fully saturated rings. The summed E-state index contributed by atoms with van der Waals surface area (Å²) in [6.07, 6.45) is 2.82. The van der Waals surface area contributed by atoms with Gasteiger partial charge in [-0.15, -0.1) is 0 Å². The van der Waals surface area contributed by atoms with Gasteiger partial charge in [0.1, 0.15) is 5.69 Å². The van der Waals surface area contributed by atoms with Gasteiger partial charge in [0.25, 0.3) is 5.91 Å². The van der Waals surface area contributed by atoms with Crippen molar-refractivity contribution in [1.29, 1.82) is 0 Å². The van der Waals surface area contributed by atoms with E-state index in [1.54, 1.807) is 11.0 Å². The molecule has 5 nitrogen and oxygen atoms in total. The van der Waals surface area contributed by atoms with E-state index >= 15 is 0 Å². The molecule has 1 heterocycles. The van der Waals surface area contributed by atoms with Gasteiger partial charge in [0.15, 0.2) is 0 Å². The minimum absolute atomic E-state index is 0.0371. The summed E-state index contributed by atoms with van der Waals surface area (Å²) < 4.78 is 2.76. The molecule has 1 aromatic heterocycles. The van der Waals surface area contributed by atoms with E-state index in [1.165, 1.54) is 0 Å². The van der Waals surface area contributed by atoms with Crippen molar-refractivity contribution in [3.05, 3.63) is 22.4 Å². The molecule has 1 aromatic rings. The first-order chi connectivity index (χ1) is 9.53. The number of halogens is 1. The highest BCUT2D eigenvalue weighted by molar-refractivity contribution is 9.10. The lowest BCUT2D eigenvalue weighted by Crippen LogP contribution is -2.40. The van der Waals surface area contributed by atoms with Crippen molar-refractivity contribution in [2.24, 2.45) is 0 Å². The topological polar surface area (TPSA) is 54.3 Å². The van der Waals surface area contributed by atoms with Crippen molar-refractivity contribution in [2.45, 2.75) is 33.7 Å². The lowest BCUT2D eigenvalue weighted by atomic mass is 10.3. The third-order valence-electron chi connectivity index (χ3n) is 3.08. The molecule has 1 N–H and O–H groups in total. The van der Waals surface area contributed by atoms with Gasteiger partial charge in [-0.25, -0.2) is 0 Å². The van der Waals surface area contributed by atoms with E-state index < -0.39 is 0 Å². The summed E-state index contributed by atoms with van der Waals surface area (Å²) in [7, 11) is 0. The highest BCUT2D eigenvalue weighted by atomic mass is 79.9. The second kappa shape index (κ2) is 8.09. The zero-order valence-electron chi connectivity index (χ0n) is 12.3. The second-order valence-electron chi connectivity index (χ2n) is 4.49. The van der Waals surface area contributed by atoms with Crippen molar-refractivity contribution < 1.29 is 9.59 Å². The van der Waals surface area contributed by atoms with E-state index in [-0.39, 0.29) is 18.4 Å². The average molecular weight is 344 g/mol. The first-order valence-corrected chi connectivity index (χ1v) is 7.74. The Morgan fingerprint density at radius 2 is 1.95 bits per heavy atom. The van der Waals surface area contributed by atoms with Crippen LogP contribution in [0.1, 0.15) is 37.7 Å². The number of likely N-dealkylation sites (N-methyl/N-ethyl adjacent to an activating group) is 1. The summed E-state index contributed by atoms with van der Waals surface area (Å²) in [5.74, 6) is -0.277. The third kappa shape index (κ3) is 4.37. The normalized spacial score (nSPS) is 10.4. The highest BCUT2D eigenvalue weighted by Gasteiger charge is 2.15. The fourth-order valence-electron chi connectivity index (χ4n) is 2.03. The molecule has 0 saturated carbocycles. The fraction of sp³-hybridized carbons (Fsp3) is 0.571. The average Bonchev–Trinajstić information content (AvgIpc) is 2.79. The van der Waals surface area contributed by atoms with E-state index in [0.717, 1.165) is 17.4 Å². The summed E-state index contributed by atoms with van der Waals surface area (Å²) in [5, 5.41) is 2.69. The number of rotatable bonds is 7. The molecular formula is C14H22BrN3O2. The van der Waals surface area contributed by atoms with Crippen LogP contribution < -0.4 is 5.32 Å². The first kappa shape index (κ1) is 16.8. The molecular weight excluding hydrogens is 322 g/mol. The number of aryl methyl sites for hydroxylation is 1. The van der Waals surface area contributed by atoms with Crippen LogP contribution in [-0.2, 0) is 11.3 Å². The molecule has 0 aliphatic heterocycles. The number of aromatic nitrogens is 1. The number of carbonyl (C=O) groups is 2. The predicted octanol–water partition coefficient (Wildman–Crippen LogP) is 2.26. The molecule has 20 heavy (non-hydrogen) atoms. The van der Waals surface area contributed by atoms with Gasteiger partial charge in [-0.1, -0.05) is 6.92 Å².